The van der Waals surface area contributed by atoms with Gasteiger partial charge in [-0.05, 0) is 0 Å². The van der Waals surface area contributed by atoms with Crippen LogP contribution in [0.2, 0.25) is 0 Å². The van der Waals surface area contributed by atoms with Crippen LogP contribution in [-0.4, -0.2) is 11.0 Å². The van der Waals surface area contributed by atoms with Gasteiger partial charge in [0.25, 0.3) is 0 Å². The lowest BCUT2D eigenvalue weighted by atomic mass is 10.9. The summed E-state index contributed by atoms with van der Waals surface area (Å²) in [6, 6.07) is 1.48. The normalized spacial score (nSPS) is 3.80. The minimum atomic E-state index is 0.736. The first-order valence-corrected chi connectivity index (χ1v) is 0.970. The third-order valence-corrected chi connectivity index (χ3v) is 0.115. The molecule has 0 aliphatic heterocycles. The van der Waals surface area contributed by atoms with Crippen LogP contribution >= 0.6 is 0 Å². The Balaban J connectivity index is 3.46. The van der Waals surface area contributed by atoms with Crippen LogP contribution in [-0.2, 0) is 0 Å². The highest BCUT2D eigenvalue weighted by atomic mass is 14.8. The number of rotatable bonds is 0. The van der Waals surface area contributed by atoms with Crippen molar-refractivity contribution in [3.63, 3.8) is 0 Å². The second-order valence-electron chi connectivity index (χ2n) is 0.374. The summed E-state index contributed by atoms with van der Waals surface area (Å²) in [6.45, 7) is 0. The predicted molar refractivity (Wildman–Crippen MR) is 15.3 cm³/mol. The maximum atomic E-state index is 7.51. The Labute approximate surface area is 29.1 Å². The third-order valence-electron chi connectivity index (χ3n) is 0.115. The lowest BCUT2D eigenvalue weighted by Crippen LogP contribution is -1.55. The van der Waals surface area contributed by atoms with Crippen molar-refractivity contribution in [3.05, 3.63) is 5.53 Å². The Hall–Kier alpha value is -1.13. The van der Waals surface area contributed by atoms with Gasteiger partial charge in [0.05, 0.1) is 0 Å². The number of hydrogen-bond acceptors (Lipinski definition) is 1. The first kappa shape index (κ1) is 3.87. The van der Waals surface area contributed by atoms with Crippen LogP contribution in [0.5, 0.6) is 0 Å². The van der Waals surface area contributed by atoms with E-state index in [0.29, 0.717) is 0 Å². The molecule has 0 aromatic carbocycles. The number of nitrogens with zero attached hydrogens (tertiary/aromatic N) is 3. The molecular formula is C2HN3. The summed E-state index contributed by atoms with van der Waals surface area (Å²) < 4.78 is 0. The van der Waals surface area contributed by atoms with Gasteiger partial charge in [-0.25, -0.2) is 0 Å². The Morgan fingerprint density at radius 2 is 2.60 bits per heavy atom. The molecule has 5 heavy (non-hydrogen) atoms. The van der Waals surface area contributed by atoms with Crippen molar-refractivity contribution in [2.45, 2.75) is 0 Å². The lowest BCUT2D eigenvalue weighted by Gasteiger charge is -1.30. The molecule has 0 atom stereocenters. The first-order chi connectivity index (χ1) is 2.41. The largest absolute Gasteiger partial charge is 0.361 e. The SMILES string of the molecule is N#CC=[N+]=[N-]. The summed E-state index contributed by atoms with van der Waals surface area (Å²) in [5, 5.41) is 7.51. The quantitative estimate of drug-likeness (QED) is 0.220. The summed E-state index contributed by atoms with van der Waals surface area (Å²) in [4.78, 5) is 2.37. The number of nitriles is 1. The highest BCUT2D eigenvalue weighted by Crippen LogP contribution is 1.24. The molecule has 0 aromatic rings. The fourth-order valence-corrected chi connectivity index (χ4v) is 0.0258. The van der Waals surface area contributed by atoms with Crippen molar-refractivity contribution in [2.24, 2.45) is 0 Å². The van der Waals surface area contributed by atoms with Crippen molar-refractivity contribution < 1.29 is 4.79 Å². The Kier molecular flexibility index (Phi) is 2.22. The van der Waals surface area contributed by atoms with E-state index in [-0.39, 0.29) is 0 Å². The molecule has 0 N–H and O–H groups in total. The smallest absolute Gasteiger partial charge is 0.356 e. The first-order valence-electron chi connectivity index (χ1n) is 0.970. The Bertz CT molecular complexity index is 92.0. The average Bonchev–Trinajstić information content (AvgIpc) is 1.41. The summed E-state index contributed by atoms with van der Waals surface area (Å²) in [6.07, 6.45) is 0.736. The zero-order valence-corrected chi connectivity index (χ0v) is 2.42. The fourth-order valence-electron chi connectivity index (χ4n) is 0.0258. The molecule has 0 fully saturated rings. The predicted octanol–water partition coefficient (Wildman–Crippen LogP) is -0.189. The van der Waals surface area contributed by atoms with Crippen LogP contribution in [0.1, 0.15) is 0 Å². The molecule has 0 heterocycles. The molecule has 3 heteroatoms. The molecule has 24 valence electrons. The molecular weight excluding hydrogens is 66.0 g/mol. The van der Waals surface area contributed by atoms with Crippen LogP contribution in [0.25, 0.3) is 5.53 Å². The number of hydrogen-bond donors (Lipinski definition) is 0. The highest BCUT2D eigenvalue weighted by molar-refractivity contribution is 5.69. The van der Waals surface area contributed by atoms with E-state index in [4.69, 9.17) is 10.8 Å². The van der Waals surface area contributed by atoms with Crippen molar-refractivity contribution in [3.8, 4) is 6.07 Å². The Morgan fingerprint density at radius 3 is 2.60 bits per heavy atom. The molecule has 0 aromatic heterocycles. The van der Waals surface area contributed by atoms with Gasteiger partial charge in [-0.15, -0.1) is 0 Å². The van der Waals surface area contributed by atoms with Gasteiger partial charge in [-0.3, -0.25) is 0 Å². The summed E-state index contributed by atoms with van der Waals surface area (Å²) >= 11 is 0. The average molecular weight is 67.1 g/mol. The topological polar surface area (TPSA) is 60.2 Å². The maximum Gasteiger partial charge on any atom is 0.356 e. The van der Waals surface area contributed by atoms with Crippen molar-refractivity contribution in [1.82, 2.24) is 0 Å². The third kappa shape index (κ3) is 2.87. The van der Waals surface area contributed by atoms with E-state index in [1.165, 1.54) is 6.07 Å². The van der Waals surface area contributed by atoms with Gasteiger partial charge in [0.1, 0.15) is 0 Å². The molecule has 3 nitrogen and oxygen atoms in total. The molecule has 0 saturated carbocycles. The van der Waals surface area contributed by atoms with Gasteiger partial charge in [0.2, 0.25) is 0 Å². The highest BCUT2D eigenvalue weighted by Gasteiger charge is 1.55. The molecule has 0 spiro atoms. The van der Waals surface area contributed by atoms with E-state index in [1.807, 2.05) is 0 Å². The van der Waals surface area contributed by atoms with Gasteiger partial charge in [-0.2, -0.15) is 10.1 Å². The van der Waals surface area contributed by atoms with Crippen molar-refractivity contribution in [1.29, 1.82) is 5.26 Å². The fraction of sp³-hybridized carbons (Fsp3) is 0. The van der Waals surface area contributed by atoms with Gasteiger partial charge < -0.3 is 5.53 Å². The van der Waals surface area contributed by atoms with Crippen LogP contribution in [0, 0.1) is 11.3 Å². The second-order valence-corrected chi connectivity index (χ2v) is 0.374. The van der Waals surface area contributed by atoms with Crippen LogP contribution in [0.3, 0.4) is 0 Å². The second kappa shape index (κ2) is 2.87. The van der Waals surface area contributed by atoms with E-state index in [0.717, 1.165) is 6.21 Å². The van der Waals surface area contributed by atoms with Crippen LogP contribution in [0.15, 0.2) is 0 Å². The standard InChI is InChI=1S/C2HN3/c3-1-2-5-4/h2H. The lowest BCUT2D eigenvalue weighted by molar-refractivity contribution is 0.00570. The zero-order chi connectivity index (χ0) is 4.12. The van der Waals surface area contributed by atoms with Gasteiger partial charge >= 0.3 is 6.21 Å². The molecule has 0 saturated heterocycles. The maximum absolute atomic E-state index is 7.51. The summed E-state index contributed by atoms with van der Waals surface area (Å²) in [7, 11) is 0. The van der Waals surface area contributed by atoms with E-state index in [2.05, 4.69) is 4.79 Å². The Morgan fingerprint density at radius 1 is 2.00 bits per heavy atom. The van der Waals surface area contributed by atoms with Gasteiger partial charge in [-0.1, -0.05) is 0 Å². The minimum Gasteiger partial charge on any atom is -0.361 e. The van der Waals surface area contributed by atoms with Crippen LogP contribution < -0.4 is 0 Å². The van der Waals surface area contributed by atoms with Gasteiger partial charge in [0.15, 0.2) is 6.07 Å². The molecule has 0 bridgehead atoms. The summed E-state index contributed by atoms with van der Waals surface area (Å²) in [5.74, 6) is 0. The summed E-state index contributed by atoms with van der Waals surface area (Å²) in [5.41, 5.74) is 7.41. The monoisotopic (exact) mass is 67.0 g/mol. The van der Waals surface area contributed by atoms with Crippen LogP contribution in [0.4, 0.5) is 0 Å². The minimum absolute atomic E-state index is 0.736. The van der Waals surface area contributed by atoms with Crippen molar-refractivity contribution >= 4 is 6.21 Å². The molecule has 0 aliphatic carbocycles. The van der Waals surface area contributed by atoms with E-state index in [1.54, 1.807) is 0 Å². The molecule has 0 amide bonds. The molecule has 0 aliphatic rings. The molecule has 0 radical (unpaired) electrons. The van der Waals surface area contributed by atoms with Gasteiger partial charge in [0, 0.05) is 0 Å². The van der Waals surface area contributed by atoms with E-state index >= 15 is 0 Å². The van der Waals surface area contributed by atoms with E-state index < -0.39 is 0 Å². The molecule has 0 rings (SSSR count). The van der Waals surface area contributed by atoms with Crippen molar-refractivity contribution in [2.75, 3.05) is 0 Å². The molecule has 0 unspecified atom stereocenters. The van der Waals surface area contributed by atoms with E-state index in [9.17, 15) is 0 Å². The zero-order valence-electron chi connectivity index (χ0n) is 2.42.